The van der Waals surface area contributed by atoms with E-state index in [0.29, 0.717) is 23.1 Å². The van der Waals surface area contributed by atoms with Gasteiger partial charge in [0.05, 0.1) is 18.0 Å². The van der Waals surface area contributed by atoms with Crippen molar-refractivity contribution in [2.75, 3.05) is 6.54 Å². The van der Waals surface area contributed by atoms with Gasteiger partial charge in [0.1, 0.15) is 10.4 Å². The van der Waals surface area contributed by atoms with Gasteiger partial charge in [-0.3, -0.25) is 9.67 Å². The second-order valence-electron chi connectivity index (χ2n) is 5.68. The van der Waals surface area contributed by atoms with Crippen LogP contribution in [0.4, 0.5) is 4.39 Å². The highest BCUT2D eigenvalue weighted by atomic mass is 79.9. The van der Waals surface area contributed by atoms with E-state index in [1.165, 1.54) is 18.3 Å². The molecule has 1 atom stereocenters. The molecule has 0 aliphatic rings. The Morgan fingerprint density at radius 3 is 2.84 bits per heavy atom. The molecular weight excluding hydrogens is 387 g/mol. The molecule has 0 radical (unpaired) electrons. The first-order chi connectivity index (χ1) is 11.9. The predicted molar refractivity (Wildman–Crippen MR) is 102 cm³/mol. The molecule has 0 fully saturated rings. The highest BCUT2D eigenvalue weighted by molar-refractivity contribution is 9.18. The number of nitrogens with zero attached hydrogens (tertiary/aromatic N) is 3. The molecule has 2 aromatic rings. The molecule has 25 heavy (non-hydrogen) atoms. The van der Waals surface area contributed by atoms with Crippen LogP contribution in [-0.2, 0) is 13.5 Å². The Bertz CT molecular complexity index is 811. The van der Waals surface area contributed by atoms with E-state index in [1.54, 1.807) is 23.9 Å². The number of aliphatic hydroxyl groups is 1. The third kappa shape index (κ3) is 4.35. The number of aryl methyl sites for hydroxylation is 1. The molecule has 0 spiro atoms. The molecule has 0 saturated heterocycles. The summed E-state index contributed by atoms with van der Waals surface area (Å²) < 4.78 is 16.0. The van der Waals surface area contributed by atoms with Crippen LogP contribution >= 0.6 is 15.9 Å². The smallest absolute Gasteiger partial charge is 0.123 e. The fourth-order valence-electron chi connectivity index (χ4n) is 2.70. The van der Waals surface area contributed by atoms with Crippen LogP contribution in [-0.4, -0.2) is 26.1 Å². The Kier molecular flexibility index (Phi) is 6.50. The lowest BCUT2D eigenvalue weighted by molar-refractivity contribution is 0.199. The van der Waals surface area contributed by atoms with E-state index in [1.807, 2.05) is 14.0 Å². The van der Waals surface area contributed by atoms with Crippen molar-refractivity contribution in [2.24, 2.45) is 17.8 Å². The average molecular weight is 409 g/mol. The second kappa shape index (κ2) is 8.40. The highest BCUT2D eigenvalue weighted by Gasteiger charge is 2.19. The van der Waals surface area contributed by atoms with Crippen LogP contribution in [0.2, 0.25) is 0 Å². The maximum atomic E-state index is 13.6. The van der Waals surface area contributed by atoms with E-state index in [-0.39, 0.29) is 5.82 Å². The molecule has 1 heterocycles. The zero-order valence-electron chi connectivity index (χ0n) is 14.5. The summed E-state index contributed by atoms with van der Waals surface area (Å²) in [5, 5.41) is 14.4. The standard InChI is InChI=1S/C18H22BrFN4O/c1-4-22-18(19)12(9-21)7-13-10-23-24(3)17(13)15-6-5-14(20)8-16(15)11(2)25/h5-6,8-11,25H,4,7,21H2,1-3H3. The van der Waals surface area contributed by atoms with Crippen molar-refractivity contribution in [3.05, 3.63) is 53.1 Å². The largest absolute Gasteiger partial charge is 0.404 e. The monoisotopic (exact) mass is 408 g/mol. The van der Waals surface area contributed by atoms with Crippen molar-refractivity contribution >= 4 is 20.6 Å². The third-order valence-electron chi connectivity index (χ3n) is 3.88. The summed E-state index contributed by atoms with van der Waals surface area (Å²) in [7, 11) is 1.81. The molecule has 1 unspecified atom stereocenters. The first-order valence-electron chi connectivity index (χ1n) is 7.98. The van der Waals surface area contributed by atoms with Gasteiger partial charge in [0, 0.05) is 42.9 Å². The van der Waals surface area contributed by atoms with Crippen LogP contribution in [0.3, 0.4) is 0 Å². The molecule has 0 aliphatic carbocycles. The zero-order chi connectivity index (χ0) is 18.6. The molecule has 0 aliphatic heterocycles. The van der Waals surface area contributed by atoms with E-state index >= 15 is 0 Å². The van der Waals surface area contributed by atoms with Gasteiger partial charge in [-0.15, -0.1) is 0 Å². The molecule has 0 saturated carbocycles. The number of nitrogens with two attached hydrogens (primary N) is 1. The molecule has 7 heteroatoms. The van der Waals surface area contributed by atoms with Crippen molar-refractivity contribution in [2.45, 2.75) is 26.4 Å². The minimum absolute atomic E-state index is 0.385. The molecule has 0 bridgehead atoms. The number of aromatic nitrogens is 2. The lowest BCUT2D eigenvalue weighted by Gasteiger charge is -2.15. The molecule has 5 nitrogen and oxygen atoms in total. The van der Waals surface area contributed by atoms with Crippen molar-refractivity contribution in [3.8, 4) is 11.3 Å². The quantitative estimate of drug-likeness (QED) is 0.718. The SMILES string of the molecule is CCN=C(Br)C(=CN)Cc1cnn(C)c1-c1ccc(F)cc1C(C)O. The summed E-state index contributed by atoms with van der Waals surface area (Å²) in [5.41, 5.74) is 9.57. The van der Waals surface area contributed by atoms with Gasteiger partial charge in [0.15, 0.2) is 0 Å². The van der Waals surface area contributed by atoms with Crippen molar-refractivity contribution in [1.29, 1.82) is 0 Å². The van der Waals surface area contributed by atoms with E-state index in [4.69, 9.17) is 5.73 Å². The van der Waals surface area contributed by atoms with Gasteiger partial charge >= 0.3 is 0 Å². The normalized spacial score (nSPS) is 14.0. The lowest BCUT2D eigenvalue weighted by atomic mass is 9.96. The Morgan fingerprint density at radius 1 is 1.52 bits per heavy atom. The van der Waals surface area contributed by atoms with Crippen LogP contribution in [0.25, 0.3) is 11.3 Å². The fourth-order valence-corrected chi connectivity index (χ4v) is 3.22. The van der Waals surface area contributed by atoms with E-state index in [0.717, 1.165) is 22.4 Å². The molecule has 1 aromatic carbocycles. The Balaban J connectivity index is 2.53. The lowest BCUT2D eigenvalue weighted by Crippen LogP contribution is -2.05. The van der Waals surface area contributed by atoms with E-state index in [2.05, 4.69) is 26.0 Å². The first-order valence-corrected chi connectivity index (χ1v) is 8.78. The molecule has 134 valence electrons. The van der Waals surface area contributed by atoms with E-state index < -0.39 is 6.10 Å². The fraction of sp³-hybridized carbons (Fsp3) is 0.333. The van der Waals surface area contributed by atoms with Gasteiger partial charge in [-0.1, -0.05) is 0 Å². The number of hydrogen-bond donors (Lipinski definition) is 2. The molecule has 3 N–H and O–H groups in total. The van der Waals surface area contributed by atoms with E-state index in [9.17, 15) is 9.50 Å². The number of hydrogen-bond acceptors (Lipinski definition) is 4. The maximum absolute atomic E-state index is 13.6. The van der Waals surface area contributed by atoms with Crippen LogP contribution in [0.5, 0.6) is 0 Å². The summed E-state index contributed by atoms with van der Waals surface area (Å²) in [6.45, 7) is 4.20. The highest BCUT2D eigenvalue weighted by Crippen LogP contribution is 2.32. The first kappa shape index (κ1) is 19.3. The topological polar surface area (TPSA) is 76.4 Å². The minimum Gasteiger partial charge on any atom is -0.404 e. The van der Waals surface area contributed by atoms with Gasteiger partial charge in [-0.2, -0.15) is 5.10 Å². The van der Waals surface area contributed by atoms with Crippen LogP contribution in [0.1, 0.15) is 31.1 Å². The second-order valence-corrected chi connectivity index (χ2v) is 6.43. The van der Waals surface area contributed by atoms with Crippen molar-refractivity contribution in [1.82, 2.24) is 9.78 Å². The van der Waals surface area contributed by atoms with Crippen LogP contribution in [0, 0.1) is 5.82 Å². The maximum Gasteiger partial charge on any atom is 0.123 e. The van der Waals surface area contributed by atoms with Crippen molar-refractivity contribution < 1.29 is 9.50 Å². The summed E-state index contributed by atoms with van der Waals surface area (Å²) in [4.78, 5) is 4.33. The third-order valence-corrected chi connectivity index (χ3v) is 4.64. The Labute approximate surface area is 155 Å². The number of aliphatic imine (C=N–C) groups is 1. The minimum atomic E-state index is -0.800. The van der Waals surface area contributed by atoms with Gasteiger partial charge in [0.25, 0.3) is 0 Å². The summed E-state index contributed by atoms with van der Waals surface area (Å²) in [6, 6.07) is 4.40. The predicted octanol–water partition coefficient (Wildman–Crippen LogP) is 3.48. The molecule has 2 rings (SSSR count). The van der Waals surface area contributed by atoms with Crippen molar-refractivity contribution in [3.63, 3.8) is 0 Å². The number of benzene rings is 1. The van der Waals surface area contributed by atoms with Crippen LogP contribution < -0.4 is 5.73 Å². The zero-order valence-corrected chi connectivity index (χ0v) is 16.1. The molecular formula is C18H22BrFN4O. The Morgan fingerprint density at radius 2 is 2.24 bits per heavy atom. The number of halogens is 2. The number of rotatable bonds is 6. The molecule has 1 aromatic heterocycles. The average Bonchev–Trinajstić information content (AvgIpc) is 2.93. The van der Waals surface area contributed by atoms with Crippen LogP contribution in [0.15, 0.2) is 41.2 Å². The van der Waals surface area contributed by atoms with Gasteiger partial charge in [0.2, 0.25) is 0 Å². The summed E-state index contributed by atoms with van der Waals surface area (Å²) in [5.74, 6) is -0.385. The van der Waals surface area contributed by atoms with Gasteiger partial charge in [-0.05, 0) is 53.5 Å². The Hall–Kier alpha value is -1.99. The molecule has 0 amide bonds. The van der Waals surface area contributed by atoms with Gasteiger partial charge in [-0.25, -0.2) is 4.39 Å². The van der Waals surface area contributed by atoms with Gasteiger partial charge < -0.3 is 10.8 Å². The number of aliphatic hydroxyl groups excluding tert-OH is 1. The summed E-state index contributed by atoms with van der Waals surface area (Å²) in [6.07, 6.45) is 2.98. The number of allylic oxidation sites excluding steroid dienone is 1. The summed E-state index contributed by atoms with van der Waals surface area (Å²) >= 11 is 3.44.